The smallest absolute Gasteiger partial charge is 0.307 e. The number of ether oxygens (including phenoxy) is 2. The second-order valence-electron chi connectivity index (χ2n) is 2.85. The van der Waals surface area contributed by atoms with Crippen molar-refractivity contribution in [3.05, 3.63) is 0 Å². The molecule has 0 aliphatic rings. The van der Waals surface area contributed by atoms with E-state index in [0.717, 1.165) is 0 Å². The van der Waals surface area contributed by atoms with E-state index in [1.165, 1.54) is 14.0 Å². The Morgan fingerprint density at radius 2 is 2.00 bits per heavy atom. The standard InChI is InChI=1S/C9H15ClO4/c1-4-8(14-6(2)11)7(10)5-9(12)13-3/h7-8H,4-5H2,1-3H3/t7-,8-/m1/s1. The summed E-state index contributed by atoms with van der Waals surface area (Å²) in [5, 5.41) is -0.531. The van der Waals surface area contributed by atoms with Gasteiger partial charge in [-0.05, 0) is 6.42 Å². The van der Waals surface area contributed by atoms with Crippen LogP contribution in [0.2, 0.25) is 0 Å². The lowest BCUT2D eigenvalue weighted by Crippen LogP contribution is -2.28. The Balaban J connectivity index is 4.09. The maximum absolute atomic E-state index is 10.9. The zero-order valence-corrected chi connectivity index (χ0v) is 9.34. The first-order valence-electron chi connectivity index (χ1n) is 4.39. The Labute approximate surface area is 88.5 Å². The van der Waals surface area contributed by atoms with Gasteiger partial charge in [0.25, 0.3) is 0 Å². The minimum absolute atomic E-state index is 0.0455. The highest BCUT2D eigenvalue weighted by Gasteiger charge is 2.23. The first kappa shape index (κ1) is 13.2. The molecule has 0 radical (unpaired) electrons. The van der Waals surface area contributed by atoms with Crippen molar-refractivity contribution in [1.29, 1.82) is 0 Å². The molecule has 0 saturated carbocycles. The molecule has 0 saturated heterocycles. The topological polar surface area (TPSA) is 52.6 Å². The molecule has 0 aliphatic heterocycles. The van der Waals surface area contributed by atoms with Crippen LogP contribution in [-0.4, -0.2) is 30.5 Å². The van der Waals surface area contributed by atoms with E-state index in [-0.39, 0.29) is 6.42 Å². The number of hydrogen-bond donors (Lipinski definition) is 0. The van der Waals surface area contributed by atoms with E-state index in [0.29, 0.717) is 6.42 Å². The molecule has 0 aromatic heterocycles. The molecule has 4 nitrogen and oxygen atoms in total. The fourth-order valence-corrected chi connectivity index (χ4v) is 1.36. The van der Waals surface area contributed by atoms with E-state index >= 15 is 0 Å². The summed E-state index contributed by atoms with van der Waals surface area (Å²) in [4.78, 5) is 21.6. The maximum Gasteiger partial charge on any atom is 0.307 e. The predicted octanol–water partition coefficient (Wildman–Crippen LogP) is 1.50. The van der Waals surface area contributed by atoms with E-state index in [2.05, 4.69) is 4.74 Å². The average Bonchev–Trinajstić information content (AvgIpc) is 2.13. The van der Waals surface area contributed by atoms with Crippen molar-refractivity contribution in [3.63, 3.8) is 0 Å². The summed E-state index contributed by atoms with van der Waals surface area (Å²) in [5.74, 6) is -0.803. The summed E-state index contributed by atoms with van der Waals surface area (Å²) in [6.45, 7) is 3.14. The Kier molecular flexibility index (Phi) is 6.28. The number of rotatable bonds is 5. The van der Waals surface area contributed by atoms with Gasteiger partial charge < -0.3 is 9.47 Å². The fourth-order valence-electron chi connectivity index (χ4n) is 1.00. The van der Waals surface area contributed by atoms with Gasteiger partial charge in [-0.25, -0.2) is 0 Å². The highest BCUT2D eigenvalue weighted by Crippen LogP contribution is 2.15. The van der Waals surface area contributed by atoms with Crippen molar-refractivity contribution < 1.29 is 19.1 Å². The molecule has 2 atom stereocenters. The molecule has 0 fully saturated rings. The van der Waals surface area contributed by atoms with Crippen molar-refractivity contribution in [2.24, 2.45) is 0 Å². The molecule has 0 aromatic rings. The molecule has 0 N–H and O–H groups in total. The molecule has 14 heavy (non-hydrogen) atoms. The summed E-state index contributed by atoms with van der Waals surface area (Å²) in [5.41, 5.74) is 0. The monoisotopic (exact) mass is 222 g/mol. The summed E-state index contributed by atoms with van der Waals surface area (Å²) in [6, 6.07) is 0. The number of halogens is 1. The second kappa shape index (κ2) is 6.65. The Morgan fingerprint density at radius 1 is 1.43 bits per heavy atom. The molecular formula is C9H15ClO4. The zero-order chi connectivity index (χ0) is 11.1. The largest absolute Gasteiger partial charge is 0.469 e. The van der Waals surface area contributed by atoms with E-state index in [1.54, 1.807) is 0 Å². The van der Waals surface area contributed by atoms with E-state index < -0.39 is 23.4 Å². The van der Waals surface area contributed by atoms with Gasteiger partial charge in [0.1, 0.15) is 6.10 Å². The van der Waals surface area contributed by atoms with Gasteiger partial charge in [-0.3, -0.25) is 9.59 Å². The molecule has 0 unspecified atom stereocenters. The van der Waals surface area contributed by atoms with Crippen LogP contribution >= 0.6 is 11.6 Å². The van der Waals surface area contributed by atoms with Gasteiger partial charge in [-0.15, -0.1) is 11.6 Å². The average molecular weight is 223 g/mol. The Bertz CT molecular complexity index is 205. The van der Waals surface area contributed by atoms with E-state index in [9.17, 15) is 9.59 Å². The molecule has 0 bridgehead atoms. The molecular weight excluding hydrogens is 208 g/mol. The van der Waals surface area contributed by atoms with Crippen LogP contribution in [-0.2, 0) is 19.1 Å². The zero-order valence-electron chi connectivity index (χ0n) is 8.58. The van der Waals surface area contributed by atoms with Crippen LogP contribution < -0.4 is 0 Å². The Morgan fingerprint density at radius 3 is 2.36 bits per heavy atom. The second-order valence-corrected chi connectivity index (χ2v) is 3.41. The highest BCUT2D eigenvalue weighted by atomic mass is 35.5. The van der Waals surface area contributed by atoms with Gasteiger partial charge >= 0.3 is 11.9 Å². The number of esters is 2. The minimum Gasteiger partial charge on any atom is -0.469 e. The quantitative estimate of drug-likeness (QED) is 0.523. The molecule has 0 rings (SSSR count). The van der Waals surface area contributed by atoms with Gasteiger partial charge in [0.05, 0.1) is 18.9 Å². The summed E-state index contributed by atoms with van der Waals surface area (Å²) < 4.78 is 9.38. The van der Waals surface area contributed by atoms with E-state index in [1.807, 2.05) is 6.92 Å². The summed E-state index contributed by atoms with van der Waals surface area (Å²) in [6.07, 6.45) is 0.183. The lowest BCUT2D eigenvalue weighted by atomic mass is 10.1. The summed E-state index contributed by atoms with van der Waals surface area (Å²) in [7, 11) is 1.29. The number of methoxy groups -OCH3 is 1. The third-order valence-electron chi connectivity index (χ3n) is 1.71. The van der Waals surface area contributed by atoms with Crippen LogP contribution in [0.4, 0.5) is 0 Å². The van der Waals surface area contributed by atoms with Crippen LogP contribution in [0.25, 0.3) is 0 Å². The fraction of sp³-hybridized carbons (Fsp3) is 0.778. The Hall–Kier alpha value is -0.770. The van der Waals surface area contributed by atoms with Gasteiger partial charge in [-0.2, -0.15) is 0 Å². The van der Waals surface area contributed by atoms with Crippen LogP contribution in [0.15, 0.2) is 0 Å². The van der Waals surface area contributed by atoms with Gasteiger partial charge in [0.15, 0.2) is 0 Å². The van der Waals surface area contributed by atoms with Crippen molar-refractivity contribution in [2.45, 2.75) is 38.2 Å². The summed E-state index contributed by atoms with van der Waals surface area (Å²) >= 11 is 5.89. The van der Waals surface area contributed by atoms with Gasteiger partial charge in [0.2, 0.25) is 0 Å². The molecule has 0 aromatic carbocycles. The first-order chi connectivity index (χ1) is 6.51. The van der Waals surface area contributed by atoms with Crippen molar-refractivity contribution in [1.82, 2.24) is 0 Å². The predicted molar refractivity (Wildman–Crippen MR) is 52.1 cm³/mol. The van der Waals surface area contributed by atoms with Crippen LogP contribution in [0.1, 0.15) is 26.7 Å². The van der Waals surface area contributed by atoms with E-state index in [4.69, 9.17) is 16.3 Å². The van der Waals surface area contributed by atoms with Crippen LogP contribution in [0, 0.1) is 0 Å². The van der Waals surface area contributed by atoms with Gasteiger partial charge in [-0.1, -0.05) is 6.92 Å². The molecule has 0 amide bonds. The van der Waals surface area contributed by atoms with Crippen molar-refractivity contribution >= 4 is 23.5 Å². The molecule has 82 valence electrons. The number of carbonyl (C=O) groups excluding carboxylic acids is 2. The molecule has 5 heteroatoms. The first-order valence-corrected chi connectivity index (χ1v) is 4.83. The molecule has 0 aliphatic carbocycles. The normalized spacial score (nSPS) is 14.3. The maximum atomic E-state index is 10.9. The highest BCUT2D eigenvalue weighted by molar-refractivity contribution is 6.22. The lowest BCUT2D eigenvalue weighted by Gasteiger charge is -2.19. The SMILES string of the molecule is CC[C@@H](OC(C)=O)[C@H](Cl)CC(=O)OC. The third-order valence-corrected chi connectivity index (χ3v) is 2.15. The minimum atomic E-state index is -0.531. The number of alkyl halides is 1. The third kappa shape index (κ3) is 5.07. The molecule has 0 heterocycles. The number of hydrogen-bond acceptors (Lipinski definition) is 4. The van der Waals surface area contributed by atoms with Crippen molar-refractivity contribution in [2.75, 3.05) is 7.11 Å². The van der Waals surface area contributed by atoms with Gasteiger partial charge in [0, 0.05) is 6.92 Å². The molecule has 0 spiro atoms. The van der Waals surface area contributed by atoms with Crippen LogP contribution in [0.5, 0.6) is 0 Å². The lowest BCUT2D eigenvalue weighted by molar-refractivity contribution is -0.149. The van der Waals surface area contributed by atoms with Crippen LogP contribution in [0.3, 0.4) is 0 Å². The van der Waals surface area contributed by atoms with Crippen molar-refractivity contribution in [3.8, 4) is 0 Å². The number of carbonyl (C=O) groups is 2.